The number of phenols is 1. The number of amides is 1. The number of methoxy groups -OCH3 is 1. The zero-order valence-electron chi connectivity index (χ0n) is 17.3. The van der Waals surface area contributed by atoms with Gasteiger partial charge in [-0.3, -0.25) is 9.59 Å². The molecule has 31 heavy (non-hydrogen) atoms. The van der Waals surface area contributed by atoms with Crippen LogP contribution in [0.2, 0.25) is 0 Å². The van der Waals surface area contributed by atoms with Crippen molar-refractivity contribution in [3.05, 3.63) is 89.5 Å². The van der Waals surface area contributed by atoms with E-state index in [4.69, 9.17) is 9.47 Å². The predicted molar refractivity (Wildman–Crippen MR) is 120 cm³/mol. The minimum Gasteiger partial charge on any atom is -0.507 e. The van der Waals surface area contributed by atoms with E-state index in [1.54, 1.807) is 55.7 Å². The fraction of sp³-hybridized carbons (Fsp3) is 0.120. The van der Waals surface area contributed by atoms with Crippen molar-refractivity contribution in [2.75, 3.05) is 12.4 Å². The maximum atomic E-state index is 12.3. The zero-order valence-corrected chi connectivity index (χ0v) is 17.3. The summed E-state index contributed by atoms with van der Waals surface area (Å²) < 4.78 is 11.3. The van der Waals surface area contributed by atoms with Crippen molar-refractivity contribution in [3.63, 3.8) is 0 Å². The molecule has 158 valence electrons. The first kappa shape index (κ1) is 21.6. The number of nitrogens with one attached hydrogen (secondary N) is 1. The number of anilines is 1. The van der Waals surface area contributed by atoms with E-state index in [-0.39, 0.29) is 29.6 Å². The van der Waals surface area contributed by atoms with Gasteiger partial charge in [0.15, 0.2) is 5.78 Å². The molecular formula is C25H23NO5. The third-order valence-corrected chi connectivity index (χ3v) is 4.47. The van der Waals surface area contributed by atoms with Crippen LogP contribution in [0.5, 0.6) is 17.2 Å². The molecule has 0 heterocycles. The van der Waals surface area contributed by atoms with E-state index in [2.05, 4.69) is 5.32 Å². The van der Waals surface area contributed by atoms with Gasteiger partial charge >= 0.3 is 0 Å². The predicted octanol–water partition coefficient (Wildman–Crippen LogP) is 4.83. The number of hydrogen-bond acceptors (Lipinski definition) is 5. The van der Waals surface area contributed by atoms with Crippen LogP contribution < -0.4 is 14.8 Å². The average Bonchev–Trinajstić information content (AvgIpc) is 2.77. The summed E-state index contributed by atoms with van der Waals surface area (Å²) in [6.07, 6.45) is 3.10. The van der Waals surface area contributed by atoms with Crippen LogP contribution in [-0.4, -0.2) is 23.9 Å². The van der Waals surface area contributed by atoms with E-state index < -0.39 is 0 Å². The SMILES string of the molecule is COc1ccc(C=CC(=O)c2ccccc2O)cc1COc1ccc(NC(C)=O)cc1. The molecule has 0 aliphatic heterocycles. The minimum atomic E-state index is -0.286. The maximum Gasteiger partial charge on any atom is 0.221 e. The Labute approximate surface area is 180 Å². The molecule has 0 aromatic heterocycles. The van der Waals surface area contributed by atoms with Gasteiger partial charge in [-0.15, -0.1) is 0 Å². The highest BCUT2D eigenvalue weighted by molar-refractivity contribution is 6.08. The number of benzene rings is 3. The molecule has 3 aromatic rings. The van der Waals surface area contributed by atoms with Gasteiger partial charge in [-0.05, 0) is 60.2 Å². The summed E-state index contributed by atoms with van der Waals surface area (Å²) in [4.78, 5) is 23.4. The lowest BCUT2D eigenvalue weighted by Crippen LogP contribution is -2.05. The quantitative estimate of drug-likeness (QED) is 0.405. The highest BCUT2D eigenvalue weighted by Gasteiger charge is 2.08. The van der Waals surface area contributed by atoms with Crippen LogP contribution in [0.25, 0.3) is 6.08 Å². The van der Waals surface area contributed by atoms with Crippen LogP contribution in [0, 0.1) is 0 Å². The number of para-hydroxylation sites is 1. The lowest BCUT2D eigenvalue weighted by atomic mass is 10.1. The van der Waals surface area contributed by atoms with Crippen molar-refractivity contribution in [1.82, 2.24) is 0 Å². The fourth-order valence-corrected chi connectivity index (χ4v) is 2.96. The van der Waals surface area contributed by atoms with E-state index in [1.165, 1.54) is 19.1 Å². The standard InChI is InChI=1S/C25H23NO5/c1-17(27)26-20-9-11-21(12-10-20)31-16-19-15-18(8-14-25(19)30-2)7-13-24(29)22-5-3-4-6-23(22)28/h3-15,28H,16H2,1-2H3,(H,26,27). The molecular weight excluding hydrogens is 394 g/mol. The number of carbonyl (C=O) groups excluding carboxylic acids is 2. The van der Waals surface area contributed by atoms with Gasteiger partial charge in [0.05, 0.1) is 12.7 Å². The molecule has 6 nitrogen and oxygen atoms in total. The van der Waals surface area contributed by atoms with Gasteiger partial charge in [-0.25, -0.2) is 0 Å². The Bertz CT molecular complexity index is 1100. The number of ketones is 1. The van der Waals surface area contributed by atoms with Gasteiger partial charge in [0.2, 0.25) is 5.91 Å². The summed E-state index contributed by atoms with van der Waals surface area (Å²) >= 11 is 0. The third kappa shape index (κ3) is 5.96. The van der Waals surface area contributed by atoms with E-state index in [9.17, 15) is 14.7 Å². The first-order valence-electron chi connectivity index (χ1n) is 9.64. The van der Waals surface area contributed by atoms with E-state index >= 15 is 0 Å². The van der Waals surface area contributed by atoms with Crippen LogP contribution in [0.4, 0.5) is 5.69 Å². The number of phenolic OH excluding ortho intramolecular Hbond substituents is 1. The molecule has 3 aromatic carbocycles. The topological polar surface area (TPSA) is 84.9 Å². The number of carbonyl (C=O) groups is 2. The molecule has 1 amide bonds. The fourth-order valence-electron chi connectivity index (χ4n) is 2.96. The van der Waals surface area contributed by atoms with E-state index in [0.717, 1.165) is 11.1 Å². The molecule has 0 bridgehead atoms. The van der Waals surface area contributed by atoms with Gasteiger partial charge in [0.1, 0.15) is 23.9 Å². The summed E-state index contributed by atoms with van der Waals surface area (Å²) in [7, 11) is 1.58. The van der Waals surface area contributed by atoms with Crippen LogP contribution in [0.3, 0.4) is 0 Å². The van der Waals surface area contributed by atoms with Crippen molar-refractivity contribution < 1.29 is 24.2 Å². The summed E-state index contributed by atoms with van der Waals surface area (Å²) in [5, 5.41) is 12.5. The third-order valence-electron chi connectivity index (χ3n) is 4.47. The molecule has 0 saturated carbocycles. The van der Waals surface area contributed by atoms with Gasteiger partial charge in [-0.2, -0.15) is 0 Å². The molecule has 6 heteroatoms. The number of allylic oxidation sites excluding steroid dienone is 1. The lowest BCUT2D eigenvalue weighted by Gasteiger charge is -2.12. The maximum absolute atomic E-state index is 12.3. The van der Waals surface area contributed by atoms with Crippen molar-refractivity contribution in [1.29, 1.82) is 0 Å². The highest BCUT2D eigenvalue weighted by atomic mass is 16.5. The Balaban J connectivity index is 1.71. The number of aromatic hydroxyl groups is 1. The first-order chi connectivity index (χ1) is 15.0. The molecule has 0 unspecified atom stereocenters. The summed E-state index contributed by atoms with van der Waals surface area (Å²) in [5.41, 5.74) is 2.55. The second-order valence-electron chi connectivity index (χ2n) is 6.78. The van der Waals surface area contributed by atoms with Crippen molar-refractivity contribution >= 4 is 23.5 Å². The molecule has 0 radical (unpaired) electrons. The van der Waals surface area contributed by atoms with Crippen LogP contribution >= 0.6 is 0 Å². The van der Waals surface area contributed by atoms with Crippen LogP contribution in [-0.2, 0) is 11.4 Å². The zero-order chi connectivity index (χ0) is 22.2. The smallest absolute Gasteiger partial charge is 0.221 e. The molecule has 0 saturated heterocycles. The Morgan fingerprint density at radius 1 is 1.03 bits per heavy atom. The van der Waals surface area contributed by atoms with Gasteiger partial charge < -0.3 is 19.9 Å². The van der Waals surface area contributed by atoms with Gasteiger partial charge in [0.25, 0.3) is 0 Å². The Hall–Kier alpha value is -4.06. The minimum absolute atomic E-state index is 0.0505. The summed E-state index contributed by atoms with van der Waals surface area (Å²) in [5.74, 6) is 0.839. The second kappa shape index (κ2) is 10.1. The Morgan fingerprint density at radius 2 is 1.77 bits per heavy atom. The van der Waals surface area contributed by atoms with Gasteiger partial charge in [-0.1, -0.05) is 24.3 Å². The molecule has 3 rings (SSSR count). The Kier molecular flexibility index (Phi) is 7.06. The highest BCUT2D eigenvalue weighted by Crippen LogP contribution is 2.24. The average molecular weight is 417 g/mol. The summed E-state index contributed by atoms with van der Waals surface area (Å²) in [6.45, 7) is 1.71. The number of hydrogen-bond donors (Lipinski definition) is 2. The molecule has 0 aliphatic rings. The van der Waals surface area contributed by atoms with Crippen LogP contribution in [0.15, 0.2) is 72.8 Å². The number of ether oxygens (including phenoxy) is 2. The van der Waals surface area contributed by atoms with Gasteiger partial charge in [0, 0.05) is 18.2 Å². The second-order valence-corrected chi connectivity index (χ2v) is 6.78. The normalized spacial score (nSPS) is 10.6. The van der Waals surface area contributed by atoms with Crippen LogP contribution in [0.1, 0.15) is 28.4 Å². The van der Waals surface area contributed by atoms with E-state index in [0.29, 0.717) is 17.2 Å². The summed E-state index contributed by atoms with van der Waals surface area (Å²) in [6, 6.07) is 19.0. The molecule has 0 fully saturated rings. The molecule has 2 N–H and O–H groups in total. The Morgan fingerprint density at radius 3 is 2.45 bits per heavy atom. The molecule has 0 atom stereocenters. The first-order valence-corrected chi connectivity index (χ1v) is 9.64. The number of rotatable bonds is 8. The van der Waals surface area contributed by atoms with Crippen molar-refractivity contribution in [2.24, 2.45) is 0 Å². The monoisotopic (exact) mass is 417 g/mol. The van der Waals surface area contributed by atoms with E-state index in [1.807, 2.05) is 18.2 Å². The van der Waals surface area contributed by atoms with Crippen molar-refractivity contribution in [3.8, 4) is 17.2 Å². The van der Waals surface area contributed by atoms with Crippen molar-refractivity contribution in [2.45, 2.75) is 13.5 Å². The molecule has 0 aliphatic carbocycles. The lowest BCUT2D eigenvalue weighted by molar-refractivity contribution is -0.114. The largest absolute Gasteiger partial charge is 0.507 e. The molecule has 0 spiro atoms.